The molecule has 1 fully saturated rings. The number of piperazine rings is 1. The smallest absolute Gasteiger partial charge is 0.348 e. The van der Waals surface area contributed by atoms with Crippen molar-refractivity contribution in [1.29, 1.82) is 0 Å². The lowest BCUT2D eigenvalue weighted by molar-refractivity contribution is -0.117. The Hall–Kier alpha value is -2.17. The van der Waals surface area contributed by atoms with Crippen LogP contribution in [-0.2, 0) is 20.8 Å². The molecule has 0 saturated carbocycles. The molecule has 0 spiro atoms. The molecule has 1 saturated heterocycles. The van der Waals surface area contributed by atoms with E-state index in [0.717, 1.165) is 30.0 Å². The summed E-state index contributed by atoms with van der Waals surface area (Å²) in [5.74, 6) is -1.37. The van der Waals surface area contributed by atoms with E-state index < -0.39 is 11.9 Å². The molecule has 1 aromatic heterocycles. The molecule has 1 amide bonds. The molecule has 11 heteroatoms. The van der Waals surface area contributed by atoms with Crippen molar-refractivity contribution in [3.63, 3.8) is 0 Å². The van der Waals surface area contributed by atoms with Gasteiger partial charge in [0.2, 0.25) is 5.91 Å². The first-order valence-electron chi connectivity index (χ1n) is 11.4. The summed E-state index contributed by atoms with van der Waals surface area (Å²) in [4.78, 5) is 42.3. The van der Waals surface area contributed by atoms with Gasteiger partial charge in [-0.05, 0) is 44.0 Å². The second-order valence-electron chi connectivity index (χ2n) is 8.04. The summed E-state index contributed by atoms with van der Waals surface area (Å²) in [6, 6.07) is 5.50. The SMILES string of the molecule is CCOC(=O)c1sc(NC(=O)CN2CCN(Cc3ccc(Cl)cc3Cl)CC2)c(C(=O)OCC)c1C. The Bertz CT molecular complexity index is 1080. The van der Waals surface area contributed by atoms with Gasteiger partial charge in [0.25, 0.3) is 0 Å². The largest absolute Gasteiger partial charge is 0.462 e. The molecular formula is C24H29Cl2N3O5S. The van der Waals surface area contributed by atoms with Gasteiger partial charge < -0.3 is 14.8 Å². The molecule has 0 bridgehead atoms. The van der Waals surface area contributed by atoms with E-state index in [1.807, 2.05) is 17.0 Å². The molecule has 0 unspecified atom stereocenters. The molecule has 2 aromatic rings. The molecule has 35 heavy (non-hydrogen) atoms. The first-order valence-corrected chi connectivity index (χ1v) is 13.0. The number of esters is 2. The predicted molar refractivity (Wildman–Crippen MR) is 138 cm³/mol. The van der Waals surface area contributed by atoms with Crippen molar-refractivity contribution in [3.8, 4) is 0 Å². The first-order chi connectivity index (χ1) is 16.7. The van der Waals surface area contributed by atoms with Crippen LogP contribution < -0.4 is 5.32 Å². The highest BCUT2D eigenvalue weighted by atomic mass is 35.5. The average Bonchev–Trinajstić information content (AvgIpc) is 3.13. The monoisotopic (exact) mass is 541 g/mol. The summed E-state index contributed by atoms with van der Waals surface area (Å²) in [7, 11) is 0. The molecule has 3 rings (SSSR count). The van der Waals surface area contributed by atoms with E-state index >= 15 is 0 Å². The van der Waals surface area contributed by atoms with Crippen LogP contribution in [0.4, 0.5) is 5.00 Å². The van der Waals surface area contributed by atoms with Gasteiger partial charge in [0.05, 0.1) is 25.3 Å². The van der Waals surface area contributed by atoms with Gasteiger partial charge in [0.1, 0.15) is 9.88 Å². The van der Waals surface area contributed by atoms with Crippen molar-refractivity contribution >= 4 is 57.4 Å². The Labute approximate surface area is 219 Å². The molecule has 0 radical (unpaired) electrons. The van der Waals surface area contributed by atoms with E-state index in [4.69, 9.17) is 32.7 Å². The summed E-state index contributed by atoms with van der Waals surface area (Å²) >= 11 is 13.3. The van der Waals surface area contributed by atoms with Crippen LogP contribution >= 0.6 is 34.5 Å². The summed E-state index contributed by atoms with van der Waals surface area (Å²) in [5.41, 5.74) is 1.65. The minimum absolute atomic E-state index is 0.170. The molecule has 0 aliphatic carbocycles. The number of ether oxygens (including phenoxy) is 2. The second-order valence-corrected chi connectivity index (χ2v) is 9.90. The van der Waals surface area contributed by atoms with Gasteiger partial charge in [-0.3, -0.25) is 14.6 Å². The van der Waals surface area contributed by atoms with Crippen LogP contribution in [-0.4, -0.2) is 73.6 Å². The number of carbonyl (C=O) groups excluding carboxylic acids is 3. The molecule has 1 N–H and O–H groups in total. The van der Waals surface area contributed by atoms with E-state index in [-0.39, 0.29) is 36.1 Å². The number of benzene rings is 1. The maximum atomic E-state index is 12.8. The number of nitrogens with zero attached hydrogens (tertiary/aromatic N) is 2. The van der Waals surface area contributed by atoms with E-state index in [1.54, 1.807) is 26.8 Å². The molecule has 2 heterocycles. The highest BCUT2D eigenvalue weighted by Gasteiger charge is 2.28. The number of carbonyl (C=O) groups is 3. The first kappa shape index (κ1) is 27.4. The van der Waals surface area contributed by atoms with Crippen LogP contribution in [0.25, 0.3) is 0 Å². The number of hydrogen-bond acceptors (Lipinski definition) is 8. The normalized spacial score (nSPS) is 14.5. The lowest BCUT2D eigenvalue weighted by Gasteiger charge is -2.34. The van der Waals surface area contributed by atoms with Gasteiger partial charge in [0, 0.05) is 42.8 Å². The third-order valence-electron chi connectivity index (χ3n) is 5.58. The van der Waals surface area contributed by atoms with Crippen molar-refractivity contribution in [2.45, 2.75) is 27.3 Å². The summed E-state index contributed by atoms with van der Waals surface area (Å²) in [6.45, 7) is 9.32. The number of thiophene rings is 1. The third kappa shape index (κ3) is 7.17. The number of hydrogen-bond donors (Lipinski definition) is 1. The number of nitrogens with one attached hydrogen (secondary N) is 1. The average molecular weight is 542 g/mol. The minimum Gasteiger partial charge on any atom is -0.462 e. The van der Waals surface area contributed by atoms with Crippen molar-refractivity contribution in [1.82, 2.24) is 9.80 Å². The summed E-state index contributed by atoms with van der Waals surface area (Å²) in [5, 5.41) is 4.35. The summed E-state index contributed by atoms with van der Waals surface area (Å²) < 4.78 is 10.2. The molecular weight excluding hydrogens is 513 g/mol. The lowest BCUT2D eigenvalue weighted by Crippen LogP contribution is -2.48. The van der Waals surface area contributed by atoms with Crippen molar-refractivity contribution < 1.29 is 23.9 Å². The van der Waals surface area contributed by atoms with Gasteiger partial charge in [0.15, 0.2) is 0 Å². The topological polar surface area (TPSA) is 88.2 Å². The maximum absolute atomic E-state index is 12.8. The Balaban J connectivity index is 1.60. The molecule has 1 aliphatic heterocycles. The quantitative estimate of drug-likeness (QED) is 0.468. The van der Waals surface area contributed by atoms with Crippen LogP contribution in [0.1, 0.15) is 45.0 Å². The highest BCUT2D eigenvalue weighted by Crippen LogP contribution is 2.34. The highest BCUT2D eigenvalue weighted by molar-refractivity contribution is 7.18. The van der Waals surface area contributed by atoms with Crippen molar-refractivity contribution in [2.24, 2.45) is 0 Å². The van der Waals surface area contributed by atoms with Gasteiger partial charge in [-0.15, -0.1) is 11.3 Å². The fourth-order valence-corrected chi connectivity index (χ4v) is 5.38. The van der Waals surface area contributed by atoms with E-state index in [2.05, 4.69) is 10.2 Å². The Morgan fingerprint density at radius 3 is 2.26 bits per heavy atom. The van der Waals surface area contributed by atoms with Crippen LogP contribution in [0.3, 0.4) is 0 Å². The van der Waals surface area contributed by atoms with Crippen molar-refractivity contribution in [3.05, 3.63) is 49.8 Å². The Kier molecular flexibility index (Phi) is 9.94. The summed E-state index contributed by atoms with van der Waals surface area (Å²) in [6.07, 6.45) is 0. The zero-order valence-electron chi connectivity index (χ0n) is 20.0. The van der Waals surface area contributed by atoms with Gasteiger partial charge in [-0.25, -0.2) is 9.59 Å². The van der Waals surface area contributed by atoms with Crippen LogP contribution in [0.2, 0.25) is 10.0 Å². The van der Waals surface area contributed by atoms with Crippen molar-refractivity contribution in [2.75, 3.05) is 51.3 Å². The molecule has 8 nitrogen and oxygen atoms in total. The van der Waals surface area contributed by atoms with Crippen LogP contribution in [0.15, 0.2) is 18.2 Å². The van der Waals surface area contributed by atoms with Gasteiger partial charge in [-0.1, -0.05) is 29.3 Å². The molecule has 190 valence electrons. The second kappa shape index (κ2) is 12.7. The van der Waals surface area contributed by atoms with E-state index in [9.17, 15) is 14.4 Å². The number of amides is 1. The van der Waals surface area contributed by atoms with E-state index in [0.29, 0.717) is 40.2 Å². The Morgan fingerprint density at radius 1 is 1.00 bits per heavy atom. The number of halogens is 2. The van der Waals surface area contributed by atoms with Crippen LogP contribution in [0.5, 0.6) is 0 Å². The Morgan fingerprint density at radius 2 is 1.63 bits per heavy atom. The molecule has 0 atom stereocenters. The zero-order chi connectivity index (χ0) is 25.5. The third-order valence-corrected chi connectivity index (χ3v) is 7.36. The fourth-order valence-electron chi connectivity index (χ4n) is 3.81. The maximum Gasteiger partial charge on any atom is 0.348 e. The fraction of sp³-hybridized carbons (Fsp3) is 0.458. The lowest BCUT2D eigenvalue weighted by atomic mass is 10.1. The van der Waals surface area contributed by atoms with Gasteiger partial charge >= 0.3 is 11.9 Å². The van der Waals surface area contributed by atoms with E-state index in [1.165, 1.54) is 0 Å². The van der Waals surface area contributed by atoms with Crippen LogP contribution in [0, 0.1) is 6.92 Å². The number of anilines is 1. The number of rotatable bonds is 9. The minimum atomic E-state index is -0.582. The standard InChI is InChI=1S/C24H29Cl2N3O5S/c1-4-33-23(31)20-15(3)21(24(32)34-5-2)35-22(20)27-19(30)14-29-10-8-28(9-11-29)13-16-6-7-17(25)12-18(16)26/h6-7,12H,4-5,8-11,13-14H2,1-3H3,(H,27,30). The van der Waals surface area contributed by atoms with Gasteiger partial charge in [-0.2, -0.15) is 0 Å². The molecule has 1 aromatic carbocycles. The molecule has 1 aliphatic rings. The predicted octanol–water partition coefficient (Wildman–Crippen LogP) is 4.47. The zero-order valence-corrected chi connectivity index (χ0v) is 22.3.